The van der Waals surface area contributed by atoms with Crippen LogP contribution in [0.1, 0.15) is 213 Å². The summed E-state index contributed by atoms with van der Waals surface area (Å²) in [6, 6.07) is -0.636. The second-order valence-corrected chi connectivity index (χ2v) is 14.0. The Hall–Kier alpha value is -1.39. The predicted octanol–water partition coefficient (Wildman–Crippen LogP) is 12.6. The van der Waals surface area contributed by atoms with E-state index >= 15 is 0 Å². The van der Waals surface area contributed by atoms with Gasteiger partial charge in [0.15, 0.2) is 0 Å². The molecular weight excluding hydrogens is 578 g/mol. The van der Waals surface area contributed by atoms with Crippen LogP contribution in [0.4, 0.5) is 0 Å². The van der Waals surface area contributed by atoms with Gasteiger partial charge in [-0.2, -0.15) is 0 Å². The highest BCUT2D eigenvalue weighted by molar-refractivity contribution is 5.76. The monoisotopic (exact) mass is 660 g/mol. The molecule has 0 aliphatic carbocycles. The summed E-state index contributed by atoms with van der Waals surface area (Å²) in [5.74, 6) is -0.0781. The topological polar surface area (TPSA) is 69.6 Å². The molecule has 0 bridgehead atoms. The SMILES string of the molecule is CCCCC/C=C/CC/C=C/C(O)C(CO)NC(=O)CCCCCCCCCCCC/C=C\CCCCCCCCCCCCCC. The molecule has 0 aliphatic heterocycles. The van der Waals surface area contributed by atoms with Gasteiger partial charge in [-0.25, -0.2) is 0 Å². The summed E-state index contributed by atoms with van der Waals surface area (Å²) in [5, 5.41) is 22.8. The van der Waals surface area contributed by atoms with Crippen LogP contribution in [-0.2, 0) is 4.79 Å². The van der Waals surface area contributed by atoms with Crippen molar-refractivity contribution in [3.63, 3.8) is 0 Å². The summed E-state index contributed by atoms with van der Waals surface area (Å²) in [7, 11) is 0. The number of carbonyl (C=O) groups is 1. The Balaban J connectivity index is 3.49. The van der Waals surface area contributed by atoms with Gasteiger partial charge >= 0.3 is 0 Å². The van der Waals surface area contributed by atoms with Gasteiger partial charge in [0.25, 0.3) is 0 Å². The lowest BCUT2D eigenvalue weighted by molar-refractivity contribution is -0.123. The van der Waals surface area contributed by atoms with Crippen molar-refractivity contribution in [3.8, 4) is 0 Å². The first-order valence-electron chi connectivity index (χ1n) is 20.7. The largest absolute Gasteiger partial charge is 0.394 e. The summed E-state index contributed by atoms with van der Waals surface area (Å²) in [6.45, 7) is 4.25. The quantitative estimate of drug-likeness (QED) is 0.0459. The smallest absolute Gasteiger partial charge is 0.220 e. The number of hydrogen-bond acceptors (Lipinski definition) is 3. The lowest BCUT2D eigenvalue weighted by Gasteiger charge is -2.19. The molecule has 0 radical (unpaired) electrons. The van der Waals surface area contributed by atoms with Crippen LogP contribution in [0.2, 0.25) is 0 Å². The first kappa shape index (κ1) is 45.6. The fourth-order valence-electron chi connectivity index (χ4n) is 6.13. The first-order valence-corrected chi connectivity index (χ1v) is 20.7. The molecule has 0 aromatic rings. The Morgan fingerprint density at radius 3 is 1.28 bits per heavy atom. The molecule has 276 valence electrons. The number of carbonyl (C=O) groups excluding carboxylic acids is 1. The van der Waals surface area contributed by atoms with Gasteiger partial charge in [0.1, 0.15) is 0 Å². The summed E-state index contributed by atoms with van der Waals surface area (Å²) < 4.78 is 0. The first-order chi connectivity index (χ1) is 23.2. The maximum Gasteiger partial charge on any atom is 0.220 e. The summed E-state index contributed by atoms with van der Waals surface area (Å²) >= 11 is 0. The summed E-state index contributed by atoms with van der Waals surface area (Å²) in [6.07, 6.45) is 51.2. The van der Waals surface area contributed by atoms with E-state index in [-0.39, 0.29) is 12.5 Å². The molecule has 4 nitrogen and oxygen atoms in total. The normalized spacial score (nSPS) is 13.4. The fourth-order valence-corrected chi connectivity index (χ4v) is 6.13. The zero-order chi connectivity index (χ0) is 34.3. The number of amides is 1. The summed E-state index contributed by atoms with van der Waals surface area (Å²) in [5.41, 5.74) is 0. The minimum Gasteiger partial charge on any atom is -0.394 e. The average molecular weight is 660 g/mol. The molecule has 0 saturated carbocycles. The standard InChI is InChI=1S/C43H81NO3/c1-3-5-7-9-11-13-14-15-16-17-18-19-20-21-22-23-24-25-26-27-28-29-31-33-35-37-39-43(47)44-41(40-45)42(46)38-36-34-32-30-12-10-8-6-4-2/h12,21-22,30,36,38,41-42,45-46H,3-11,13-20,23-29,31-35,37,39-40H2,1-2H3,(H,44,47)/b22-21-,30-12+,38-36+. The number of allylic oxidation sites excluding steroid dienone is 5. The van der Waals surface area contributed by atoms with Crippen molar-refractivity contribution in [1.82, 2.24) is 5.32 Å². The maximum atomic E-state index is 12.3. The molecule has 0 saturated heterocycles. The highest BCUT2D eigenvalue weighted by Crippen LogP contribution is 2.14. The molecule has 47 heavy (non-hydrogen) atoms. The number of nitrogens with one attached hydrogen (secondary N) is 1. The molecule has 1 amide bonds. The van der Waals surface area contributed by atoms with Gasteiger partial charge in [-0.05, 0) is 57.8 Å². The third-order valence-corrected chi connectivity index (χ3v) is 9.35. The van der Waals surface area contributed by atoms with Crippen LogP contribution in [-0.4, -0.2) is 34.9 Å². The minimum atomic E-state index is -0.858. The Morgan fingerprint density at radius 2 is 0.830 bits per heavy atom. The third-order valence-electron chi connectivity index (χ3n) is 9.35. The van der Waals surface area contributed by atoms with Crippen molar-refractivity contribution >= 4 is 5.91 Å². The van der Waals surface area contributed by atoms with Crippen LogP contribution in [0, 0.1) is 0 Å². The van der Waals surface area contributed by atoms with Crippen molar-refractivity contribution in [1.29, 1.82) is 0 Å². The van der Waals surface area contributed by atoms with Crippen molar-refractivity contribution in [2.75, 3.05) is 6.61 Å². The van der Waals surface area contributed by atoms with Gasteiger partial charge in [-0.15, -0.1) is 0 Å². The molecule has 0 spiro atoms. The van der Waals surface area contributed by atoms with Crippen LogP contribution in [0.25, 0.3) is 0 Å². The van der Waals surface area contributed by atoms with Crippen LogP contribution >= 0.6 is 0 Å². The molecule has 2 unspecified atom stereocenters. The number of aliphatic hydroxyl groups excluding tert-OH is 2. The van der Waals surface area contributed by atoms with E-state index in [4.69, 9.17) is 0 Å². The Labute approximate surface area is 293 Å². The van der Waals surface area contributed by atoms with E-state index in [0.717, 1.165) is 32.1 Å². The maximum absolute atomic E-state index is 12.3. The zero-order valence-corrected chi connectivity index (χ0v) is 31.5. The van der Waals surface area contributed by atoms with Crippen molar-refractivity contribution < 1.29 is 15.0 Å². The van der Waals surface area contributed by atoms with E-state index in [1.807, 2.05) is 6.08 Å². The molecule has 2 atom stereocenters. The highest BCUT2D eigenvalue weighted by atomic mass is 16.3. The van der Waals surface area contributed by atoms with Crippen LogP contribution in [0.5, 0.6) is 0 Å². The molecular formula is C43H81NO3. The van der Waals surface area contributed by atoms with Gasteiger partial charge < -0.3 is 15.5 Å². The molecule has 4 heteroatoms. The van der Waals surface area contributed by atoms with E-state index in [1.54, 1.807) is 6.08 Å². The lowest BCUT2D eigenvalue weighted by atomic mass is 10.0. The zero-order valence-electron chi connectivity index (χ0n) is 31.5. The van der Waals surface area contributed by atoms with Gasteiger partial charge in [-0.3, -0.25) is 4.79 Å². The fraction of sp³-hybridized carbons (Fsp3) is 0.837. The average Bonchev–Trinajstić information content (AvgIpc) is 3.07. The number of unbranched alkanes of at least 4 members (excludes halogenated alkanes) is 26. The molecule has 0 aliphatic rings. The number of hydrogen-bond donors (Lipinski definition) is 3. The third kappa shape index (κ3) is 35.7. The van der Waals surface area contributed by atoms with Gasteiger partial charge in [0.2, 0.25) is 5.91 Å². The highest BCUT2D eigenvalue weighted by Gasteiger charge is 2.17. The van der Waals surface area contributed by atoms with Crippen LogP contribution in [0.15, 0.2) is 36.5 Å². The second kappa shape index (κ2) is 39.1. The van der Waals surface area contributed by atoms with Gasteiger partial charge in [-0.1, -0.05) is 185 Å². The van der Waals surface area contributed by atoms with Gasteiger partial charge in [0, 0.05) is 6.42 Å². The van der Waals surface area contributed by atoms with E-state index in [9.17, 15) is 15.0 Å². The van der Waals surface area contributed by atoms with E-state index in [0.29, 0.717) is 6.42 Å². The Kier molecular flexibility index (Phi) is 37.9. The van der Waals surface area contributed by atoms with E-state index < -0.39 is 12.1 Å². The van der Waals surface area contributed by atoms with Gasteiger partial charge in [0.05, 0.1) is 18.8 Å². The minimum absolute atomic E-state index is 0.0781. The molecule has 0 heterocycles. The molecule has 3 N–H and O–H groups in total. The number of rotatable bonds is 37. The number of aliphatic hydroxyl groups is 2. The van der Waals surface area contributed by atoms with Crippen LogP contribution < -0.4 is 5.32 Å². The second-order valence-electron chi connectivity index (χ2n) is 14.0. The Morgan fingerprint density at radius 1 is 0.489 bits per heavy atom. The van der Waals surface area contributed by atoms with Crippen molar-refractivity contribution in [2.45, 2.75) is 225 Å². The van der Waals surface area contributed by atoms with E-state index in [2.05, 4.69) is 43.5 Å². The van der Waals surface area contributed by atoms with Crippen molar-refractivity contribution in [3.05, 3.63) is 36.5 Å². The van der Waals surface area contributed by atoms with Crippen LogP contribution in [0.3, 0.4) is 0 Å². The molecule has 0 rings (SSSR count). The van der Waals surface area contributed by atoms with Crippen molar-refractivity contribution in [2.24, 2.45) is 0 Å². The molecule has 0 aromatic carbocycles. The predicted molar refractivity (Wildman–Crippen MR) is 207 cm³/mol. The Bertz CT molecular complexity index is 716. The van der Waals surface area contributed by atoms with E-state index in [1.165, 1.54) is 161 Å². The lowest BCUT2D eigenvalue weighted by Crippen LogP contribution is -2.45. The molecule has 0 fully saturated rings. The summed E-state index contributed by atoms with van der Waals surface area (Å²) in [4.78, 5) is 12.3. The molecule has 0 aromatic heterocycles.